The molecule has 0 amide bonds. The molecular formula is C14H15N3O2. The van der Waals surface area contributed by atoms with Crippen molar-refractivity contribution in [3.05, 3.63) is 48.2 Å². The molecule has 5 heteroatoms. The van der Waals surface area contributed by atoms with Crippen LogP contribution < -0.4 is 11.1 Å². The van der Waals surface area contributed by atoms with Crippen LogP contribution in [0.25, 0.3) is 0 Å². The summed E-state index contributed by atoms with van der Waals surface area (Å²) in [6.07, 6.45) is 1.61. The largest absolute Gasteiger partial charge is 0.462 e. The first-order valence-corrected chi connectivity index (χ1v) is 5.96. The van der Waals surface area contributed by atoms with Crippen molar-refractivity contribution in [1.29, 1.82) is 0 Å². The van der Waals surface area contributed by atoms with E-state index in [2.05, 4.69) is 10.3 Å². The molecule has 2 aromatic rings. The minimum absolute atomic E-state index is 0.336. The molecule has 0 saturated carbocycles. The minimum Gasteiger partial charge on any atom is -0.462 e. The Kier molecular flexibility index (Phi) is 3.97. The third-order valence-corrected chi connectivity index (χ3v) is 2.53. The molecule has 1 aromatic carbocycles. The second kappa shape index (κ2) is 5.86. The molecule has 0 bridgehead atoms. The van der Waals surface area contributed by atoms with Gasteiger partial charge in [-0.2, -0.15) is 0 Å². The topological polar surface area (TPSA) is 77.2 Å². The number of para-hydroxylation sites is 1. The zero-order chi connectivity index (χ0) is 13.7. The number of carbonyl (C=O) groups is 1. The van der Waals surface area contributed by atoms with E-state index >= 15 is 0 Å². The van der Waals surface area contributed by atoms with Gasteiger partial charge in [0, 0.05) is 6.20 Å². The maximum Gasteiger partial charge on any atom is 0.340 e. The van der Waals surface area contributed by atoms with Crippen LogP contribution in [-0.4, -0.2) is 17.6 Å². The number of carbonyl (C=O) groups excluding carboxylic acids is 1. The van der Waals surface area contributed by atoms with Crippen LogP contribution >= 0.6 is 0 Å². The van der Waals surface area contributed by atoms with Gasteiger partial charge in [0.2, 0.25) is 0 Å². The average molecular weight is 257 g/mol. The zero-order valence-electron chi connectivity index (χ0n) is 10.6. The number of esters is 1. The Bertz CT molecular complexity index is 584. The van der Waals surface area contributed by atoms with E-state index in [4.69, 9.17) is 10.5 Å². The van der Waals surface area contributed by atoms with E-state index in [9.17, 15) is 4.79 Å². The molecular weight excluding hydrogens is 242 g/mol. The molecule has 2 rings (SSSR count). The predicted molar refractivity (Wildman–Crippen MR) is 74.3 cm³/mol. The lowest BCUT2D eigenvalue weighted by atomic mass is 10.1. The quantitative estimate of drug-likeness (QED) is 0.823. The molecule has 5 nitrogen and oxygen atoms in total. The van der Waals surface area contributed by atoms with Crippen LogP contribution in [0.3, 0.4) is 0 Å². The van der Waals surface area contributed by atoms with E-state index in [1.54, 1.807) is 43.5 Å². The van der Waals surface area contributed by atoms with Gasteiger partial charge in [-0.3, -0.25) is 0 Å². The number of anilines is 3. The number of aromatic nitrogens is 1. The lowest BCUT2D eigenvalue weighted by Gasteiger charge is -2.12. The highest BCUT2D eigenvalue weighted by Crippen LogP contribution is 2.24. The van der Waals surface area contributed by atoms with E-state index in [0.717, 1.165) is 0 Å². The Labute approximate surface area is 111 Å². The lowest BCUT2D eigenvalue weighted by Crippen LogP contribution is -2.08. The van der Waals surface area contributed by atoms with Crippen LogP contribution in [0.1, 0.15) is 17.3 Å². The SMILES string of the molecule is CCOC(=O)c1ccccc1Nc1cccnc1N. The fraction of sp³-hybridized carbons (Fsp3) is 0.143. The van der Waals surface area contributed by atoms with Crippen molar-refractivity contribution in [2.75, 3.05) is 17.7 Å². The maximum absolute atomic E-state index is 11.8. The molecule has 0 saturated heterocycles. The third kappa shape index (κ3) is 3.01. The molecule has 19 heavy (non-hydrogen) atoms. The minimum atomic E-state index is -0.368. The van der Waals surface area contributed by atoms with Crippen LogP contribution in [0.5, 0.6) is 0 Å². The lowest BCUT2D eigenvalue weighted by molar-refractivity contribution is 0.0527. The number of nitrogens with one attached hydrogen (secondary N) is 1. The Morgan fingerprint density at radius 2 is 2.00 bits per heavy atom. The summed E-state index contributed by atoms with van der Waals surface area (Å²) >= 11 is 0. The standard InChI is InChI=1S/C14H15N3O2/c1-2-19-14(18)10-6-3-4-7-11(10)17-12-8-5-9-16-13(12)15/h3-9,17H,2H2,1H3,(H2,15,16). The molecule has 1 aromatic heterocycles. The molecule has 0 aliphatic carbocycles. The highest BCUT2D eigenvalue weighted by molar-refractivity contribution is 5.96. The summed E-state index contributed by atoms with van der Waals surface area (Å²) in [4.78, 5) is 15.8. The van der Waals surface area contributed by atoms with Gasteiger partial charge in [-0.1, -0.05) is 12.1 Å². The van der Waals surface area contributed by atoms with Crippen molar-refractivity contribution in [1.82, 2.24) is 4.98 Å². The molecule has 0 atom stereocenters. The highest BCUT2D eigenvalue weighted by atomic mass is 16.5. The summed E-state index contributed by atoms with van der Waals surface area (Å²) < 4.78 is 5.01. The summed E-state index contributed by atoms with van der Waals surface area (Å²) in [5.41, 5.74) is 7.52. The first kappa shape index (κ1) is 12.9. The van der Waals surface area contributed by atoms with Gasteiger partial charge in [0.1, 0.15) is 5.82 Å². The summed E-state index contributed by atoms with van der Waals surface area (Å²) in [6.45, 7) is 2.11. The summed E-state index contributed by atoms with van der Waals surface area (Å²) in [6, 6.07) is 10.7. The Morgan fingerprint density at radius 1 is 1.26 bits per heavy atom. The van der Waals surface area contributed by atoms with Gasteiger partial charge in [0.05, 0.1) is 23.5 Å². The average Bonchev–Trinajstić information content (AvgIpc) is 2.42. The van der Waals surface area contributed by atoms with Crippen LogP contribution in [-0.2, 0) is 4.74 Å². The van der Waals surface area contributed by atoms with Crippen molar-refractivity contribution in [2.45, 2.75) is 6.92 Å². The zero-order valence-corrected chi connectivity index (χ0v) is 10.6. The first-order valence-electron chi connectivity index (χ1n) is 5.96. The number of benzene rings is 1. The number of nitrogens with two attached hydrogens (primary N) is 1. The van der Waals surface area contributed by atoms with E-state index in [1.165, 1.54) is 0 Å². The number of nitrogen functional groups attached to an aromatic ring is 1. The van der Waals surface area contributed by atoms with Crippen molar-refractivity contribution >= 4 is 23.2 Å². The Hall–Kier alpha value is -2.56. The van der Waals surface area contributed by atoms with Crippen LogP contribution in [0, 0.1) is 0 Å². The van der Waals surface area contributed by atoms with E-state index in [1.807, 2.05) is 6.07 Å². The molecule has 0 spiro atoms. The van der Waals surface area contributed by atoms with Gasteiger partial charge in [-0.15, -0.1) is 0 Å². The number of rotatable bonds is 4. The fourth-order valence-corrected chi connectivity index (χ4v) is 1.65. The van der Waals surface area contributed by atoms with Crippen molar-refractivity contribution in [3.8, 4) is 0 Å². The fourth-order valence-electron chi connectivity index (χ4n) is 1.65. The molecule has 3 N–H and O–H groups in total. The number of ether oxygens (including phenoxy) is 1. The van der Waals surface area contributed by atoms with Crippen molar-refractivity contribution in [3.63, 3.8) is 0 Å². The van der Waals surface area contributed by atoms with Crippen LogP contribution in [0.4, 0.5) is 17.2 Å². The molecule has 0 radical (unpaired) electrons. The third-order valence-electron chi connectivity index (χ3n) is 2.53. The molecule has 0 fully saturated rings. The number of hydrogen-bond acceptors (Lipinski definition) is 5. The second-order valence-electron chi connectivity index (χ2n) is 3.83. The predicted octanol–water partition coefficient (Wildman–Crippen LogP) is 2.58. The highest BCUT2D eigenvalue weighted by Gasteiger charge is 2.12. The maximum atomic E-state index is 11.8. The first-order chi connectivity index (χ1) is 9.22. The van der Waals surface area contributed by atoms with Crippen molar-refractivity contribution in [2.24, 2.45) is 0 Å². The van der Waals surface area contributed by atoms with Gasteiger partial charge in [0.15, 0.2) is 0 Å². The van der Waals surface area contributed by atoms with Gasteiger partial charge in [-0.05, 0) is 31.2 Å². The summed E-state index contributed by atoms with van der Waals surface area (Å²) in [7, 11) is 0. The number of nitrogens with zero attached hydrogens (tertiary/aromatic N) is 1. The van der Waals surface area contributed by atoms with Crippen LogP contribution in [0.15, 0.2) is 42.6 Å². The molecule has 1 heterocycles. The van der Waals surface area contributed by atoms with Crippen molar-refractivity contribution < 1.29 is 9.53 Å². The van der Waals surface area contributed by atoms with E-state index in [-0.39, 0.29) is 5.97 Å². The van der Waals surface area contributed by atoms with E-state index in [0.29, 0.717) is 29.4 Å². The van der Waals surface area contributed by atoms with Gasteiger partial charge in [-0.25, -0.2) is 9.78 Å². The van der Waals surface area contributed by atoms with Gasteiger partial charge >= 0.3 is 5.97 Å². The van der Waals surface area contributed by atoms with Gasteiger partial charge < -0.3 is 15.8 Å². The van der Waals surface area contributed by atoms with Gasteiger partial charge in [0.25, 0.3) is 0 Å². The summed E-state index contributed by atoms with van der Waals surface area (Å²) in [5.74, 6) is 0.00854. The molecule has 0 aliphatic rings. The van der Waals surface area contributed by atoms with Crippen LogP contribution in [0.2, 0.25) is 0 Å². The molecule has 98 valence electrons. The number of hydrogen-bond donors (Lipinski definition) is 2. The molecule has 0 aliphatic heterocycles. The second-order valence-corrected chi connectivity index (χ2v) is 3.83. The smallest absolute Gasteiger partial charge is 0.340 e. The normalized spacial score (nSPS) is 9.95. The van der Waals surface area contributed by atoms with E-state index < -0.39 is 0 Å². The monoisotopic (exact) mass is 257 g/mol. The number of pyridine rings is 1. The summed E-state index contributed by atoms with van der Waals surface area (Å²) in [5, 5.41) is 3.09. The Morgan fingerprint density at radius 3 is 2.74 bits per heavy atom. The molecule has 0 unspecified atom stereocenters. The Balaban J connectivity index is 2.30.